The molecule has 3 aromatic rings. The topological polar surface area (TPSA) is 71.6 Å². The second-order valence-electron chi connectivity index (χ2n) is 6.41. The lowest BCUT2D eigenvalue weighted by Crippen LogP contribution is -2.19. The number of thioether (sulfide) groups is 1. The molecule has 3 rings (SSSR count). The molecular formula is C23H23N3O3S2. The molecule has 0 heterocycles. The Morgan fingerprint density at radius 3 is 2.13 bits per heavy atom. The lowest BCUT2D eigenvalue weighted by Gasteiger charge is -2.12. The summed E-state index contributed by atoms with van der Waals surface area (Å²) in [6.07, 6.45) is 0. The number of rotatable bonds is 8. The molecule has 3 aromatic carbocycles. The summed E-state index contributed by atoms with van der Waals surface area (Å²) in [5.41, 5.74) is 2.38. The Hall–Kier alpha value is -3.23. The summed E-state index contributed by atoms with van der Waals surface area (Å²) in [5.74, 6) is 1.36. The summed E-state index contributed by atoms with van der Waals surface area (Å²) in [4.78, 5) is 13.3. The van der Waals surface area contributed by atoms with Gasteiger partial charge in [-0.25, -0.2) is 0 Å². The molecule has 0 saturated heterocycles. The predicted molar refractivity (Wildman–Crippen MR) is 132 cm³/mol. The molecular weight excluding hydrogens is 430 g/mol. The van der Waals surface area contributed by atoms with Crippen molar-refractivity contribution in [2.24, 2.45) is 0 Å². The first kappa shape index (κ1) is 22.5. The van der Waals surface area contributed by atoms with Crippen LogP contribution in [0.5, 0.6) is 11.5 Å². The first-order chi connectivity index (χ1) is 15.1. The van der Waals surface area contributed by atoms with Gasteiger partial charge in [-0.2, -0.15) is 0 Å². The van der Waals surface area contributed by atoms with Crippen molar-refractivity contribution in [3.63, 3.8) is 0 Å². The van der Waals surface area contributed by atoms with Crippen LogP contribution in [0.4, 0.5) is 17.1 Å². The van der Waals surface area contributed by atoms with E-state index in [0.29, 0.717) is 22.3 Å². The Bertz CT molecular complexity index is 1020. The molecule has 8 heteroatoms. The summed E-state index contributed by atoms with van der Waals surface area (Å²) in [5, 5.41) is 9.66. The van der Waals surface area contributed by atoms with Gasteiger partial charge in [0.2, 0.25) is 5.91 Å². The van der Waals surface area contributed by atoms with Crippen molar-refractivity contribution in [3.05, 3.63) is 72.8 Å². The number of methoxy groups -OCH3 is 2. The van der Waals surface area contributed by atoms with Crippen LogP contribution >= 0.6 is 24.0 Å². The fourth-order valence-corrected chi connectivity index (χ4v) is 3.69. The average molecular weight is 454 g/mol. The van der Waals surface area contributed by atoms with Gasteiger partial charge in [0.15, 0.2) is 5.11 Å². The number of carbonyl (C=O) groups is 1. The van der Waals surface area contributed by atoms with Gasteiger partial charge in [-0.1, -0.05) is 24.3 Å². The zero-order chi connectivity index (χ0) is 22.1. The highest BCUT2D eigenvalue weighted by Crippen LogP contribution is 2.27. The van der Waals surface area contributed by atoms with E-state index in [1.165, 1.54) is 11.8 Å². The third kappa shape index (κ3) is 7.20. The van der Waals surface area contributed by atoms with E-state index in [1.807, 2.05) is 54.6 Å². The van der Waals surface area contributed by atoms with E-state index in [9.17, 15) is 4.79 Å². The van der Waals surface area contributed by atoms with Gasteiger partial charge >= 0.3 is 0 Å². The fraction of sp³-hybridized carbons (Fsp3) is 0.130. The van der Waals surface area contributed by atoms with Crippen molar-refractivity contribution in [1.82, 2.24) is 0 Å². The number of anilines is 3. The molecule has 0 aliphatic carbocycles. The minimum atomic E-state index is -0.125. The van der Waals surface area contributed by atoms with Crippen molar-refractivity contribution in [2.75, 3.05) is 35.9 Å². The minimum absolute atomic E-state index is 0.125. The van der Waals surface area contributed by atoms with Crippen molar-refractivity contribution in [2.45, 2.75) is 4.90 Å². The van der Waals surface area contributed by atoms with Crippen molar-refractivity contribution in [3.8, 4) is 11.5 Å². The molecule has 1 amide bonds. The van der Waals surface area contributed by atoms with E-state index in [2.05, 4.69) is 16.0 Å². The van der Waals surface area contributed by atoms with E-state index < -0.39 is 0 Å². The third-order valence-corrected chi connectivity index (χ3v) is 5.33. The van der Waals surface area contributed by atoms with Crippen molar-refractivity contribution < 1.29 is 14.3 Å². The average Bonchev–Trinajstić information content (AvgIpc) is 2.78. The van der Waals surface area contributed by atoms with Gasteiger partial charge in [-0.05, 0) is 42.5 Å². The van der Waals surface area contributed by atoms with Crippen molar-refractivity contribution >= 4 is 52.1 Å². The maximum atomic E-state index is 12.4. The summed E-state index contributed by atoms with van der Waals surface area (Å²) in [6.45, 7) is 0. The second kappa shape index (κ2) is 11.2. The van der Waals surface area contributed by atoms with Crippen LogP contribution in [0.1, 0.15) is 0 Å². The second-order valence-corrected chi connectivity index (χ2v) is 7.87. The molecule has 0 bridgehead atoms. The third-order valence-electron chi connectivity index (χ3n) is 4.13. The number of amides is 1. The zero-order valence-electron chi connectivity index (χ0n) is 17.2. The number of thiocarbonyl (C=S) groups is 1. The molecule has 0 aliphatic heterocycles. The number of nitrogens with one attached hydrogen (secondary N) is 3. The number of para-hydroxylation sites is 1. The van der Waals surface area contributed by atoms with Gasteiger partial charge in [0.1, 0.15) is 11.5 Å². The van der Waals surface area contributed by atoms with E-state index >= 15 is 0 Å². The smallest absolute Gasteiger partial charge is 0.234 e. The van der Waals surface area contributed by atoms with Crippen LogP contribution < -0.4 is 25.4 Å². The monoisotopic (exact) mass is 453 g/mol. The Morgan fingerprint density at radius 2 is 1.45 bits per heavy atom. The van der Waals surface area contributed by atoms with Crippen LogP contribution in [0.15, 0.2) is 77.7 Å². The number of ether oxygens (including phenoxy) is 2. The molecule has 0 radical (unpaired) electrons. The van der Waals surface area contributed by atoms with Gasteiger partial charge in [-0.15, -0.1) is 11.8 Å². The Balaban J connectivity index is 1.54. The number of benzene rings is 3. The summed E-state index contributed by atoms with van der Waals surface area (Å²) in [7, 11) is 3.14. The Kier molecular flexibility index (Phi) is 8.14. The quantitative estimate of drug-likeness (QED) is 0.318. The van der Waals surface area contributed by atoms with Gasteiger partial charge in [-0.3, -0.25) is 4.79 Å². The molecule has 160 valence electrons. The SMILES string of the molecule is COc1cc(NC(=O)CSc2cccc(NC(=S)Nc3ccccc3)c2)cc(OC)c1. The van der Waals surface area contributed by atoms with E-state index in [4.69, 9.17) is 21.7 Å². The van der Waals surface area contributed by atoms with Crippen LogP contribution in [0.2, 0.25) is 0 Å². The van der Waals surface area contributed by atoms with E-state index in [-0.39, 0.29) is 11.7 Å². The van der Waals surface area contributed by atoms with Crippen LogP contribution in [-0.2, 0) is 4.79 Å². The highest BCUT2D eigenvalue weighted by Gasteiger charge is 2.08. The van der Waals surface area contributed by atoms with Crippen LogP contribution in [-0.4, -0.2) is 31.0 Å². The molecule has 31 heavy (non-hydrogen) atoms. The minimum Gasteiger partial charge on any atom is -0.497 e. The lowest BCUT2D eigenvalue weighted by atomic mass is 10.2. The van der Waals surface area contributed by atoms with Crippen LogP contribution in [0, 0.1) is 0 Å². The first-order valence-electron chi connectivity index (χ1n) is 9.44. The molecule has 0 spiro atoms. The highest BCUT2D eigenvalue weighted by atomic mass is 32.2. The lowest BCUT2D eigenvalue weighted by molar-refractivity contribution is -0.113. The van der Waals surface area contributed by atoms with Crippen molar-refractivity contribution in [1.29, 1.82) is 0 Å². The molecule has 0 fully saturated rings. The van der Waals surface area contributed by atoms with Gasteiger partial charge in [0, 0.05) is 40.2 Å². The molecule has 3 N–H and O–H groups in total. The zero-order valence-corrected chi connectivity index (χ0v) is 18.8. The fourth-order valence-electron chi connectivity index (χ4n) is 2.70. The Morgan fingerprint density at radius 1 is 0.806 bits per heavy atom. The molecule has 0 aromatic heterocycles. The van der Waals surface area contributed by atoms with Gasteiger partial charge in [0.05, 0.1) is 20.0 Å². The highest BCUT2D eigenvalue weighted by molar-refractivity contribution is 8.00. The number of hydrogen-bond donors (Lipinski definition) is 3. The molecule has 6 nitrogen and oxygen atoms in total. The normalized spacial score (nSPS) is 10.1. The van der Waals surface area contributed by atoms with Gasteiger partial charge in [0.25, 0.3) is 0 Å². The molecule has 0 atom stereocenters. The van der Waals surface area contributed by atoms with Gasteiger partial charge < -0.3 is 25.4 Å². The largest absolute Gasteiger partial charge is 0.497 e. The standard InChI is InChI=1S/C23H23N3O3S2/c1-28-19-11-18(12-20(14-19)29-2)24-22(27)15-31-21-10-6-9-17(13-21)26-23(30)25-16-7-4-3-5-8-16/h3-14H,15H2,1-2H3,(H,24,27)(H2,25,26,30). The summed E-state index contributed by atoms with van der Waals surface area (Å²) < 4.78 is 10.5. The van der Waals surface area contributed by atoms with Crippen LogP contribution in [0.25, 0.3) is 0 Å². The summed E-state index contributed by atoms with van der Waals surface area (Å²) >= 11 is 6.80. The molecule has 0 saturated carbocycles. The maximum Gasteiger partial charge on any atom is 0.234 e. The summed E-state index contributed by atoms with van der Waals surface area (Å²) in [6, 6.07) is 22.7. The number of hydrogen-bond acceptors (Lipinski definition) is 5. The predicted octanol–water partition coefficient (Wildman–Crippen LogP) is 5.24. The van der Waals surface area contributed by atoms with E-state index in [0.717, 1.165) is 16.3 Å². The molecule has 0 unspecified atom stereocenters. The molecule has 0 aliphatic rings. The maximum absolute atomic E-state index is 12.4. The number of carbonyl (C=O) groups excluding carboxylic acids is 1. The Labute approximate surface area is 191 Å². The van der Waals surface area contributed by atoms with E-state index in [1.54, 1.807) is 32.4 Å². The van der Waals surface area contributed by atoms with Crippen LogP contribution in [0.3, 0.4) is 0 Å². The first-order valence-corrected chi connectivity index (χ1v) is 10.8.